The van der Waals surface area contributed by atoms with Gasteiger partial charge in [-0.15, -0.1) is 0 Å². The Kier molecular flexibility index (Phi) is 4.65. The lowest BCUT2D eigenvalue weighted by molar-refractivity contribution is 0.126. The van der Waals surface area contributed by atoms with Crippen LogP contribution in [0, 0.1) is 0 Å². The Bertz CT molecular complexity index is 766. The highest BCUT2D eigenvalue weighted by molar-refractivity contribution is 6.02. The zero-order valence-electron chi connectivity index (χ0n) is 13.0. The van der Waals surface area contributed by atoms with Crippen LogP contribution >= 0.6 is 0 Å². The van der Waals surface area contributed by atoms with Crippen molar-refractivity contribution in [3.05, 3.63) is 36.3 Å². The molecule has 0 saturated heterocycles. The number of aryl methyl sites for hydroxylation is 1. The molecule has 116 valence electrons. The molecule has 0 amide bonds. The van der Waals surface area contributed by atoms with Crippen LogP contribution in [0.3, 0.4) is 0 Å². The zero-order chi connectivity index (χ0) is 15.4. The Hall–Kier alpha value is -1.98. The van der Waals surface area contributed by atoms with Crippen molar-refractivity contribution in [2.75, 3.05) is 13.2 Å². The van der Waals surface area contributed by atoms with E-state index in [1.807, 2.05) is 31.3 Å². The van der Waals surface area contributed by atoms with Crippen molar-refractivity contribution in [2.45, 2.75) is 32.9 Å². The summed E-state index contributed by atoms with van der Waals surface area (Å²) in [6.45, 7) is 4.84. The van der Waals surface area contributed by atoms with Gasteiger partial charge in [0.25, 0.3) is 0 Å². The topological polar surface area (TPSA) is 66.0 Å². The molecule has 5 nitrogen and oxygen atoms in total. The quantitative estimate of drug-likeness (QED) is 0.681. The second-order valence-electron chi connectivity index (χ2n) is 5.32. The number of imidazole rings is 1. The molecule has 0 aliphatic heterocycles. The minimum Gasteiger partial charge on any atom is -0.374 e. The molecule has 2 N–H and O–H groups in total. The minimum atomic E-state index is 0.530. The van der Waals surface area contributed by atoms with Gasteiger partial charge < -0.3 is 15.0 Å². The summed E-state index contributed by atoms with van der Waals surface area (Å²) >= 11 is 0. The van der Waals surface area contributed by atoms with Gasteiger partial charge in [0.05, 0.1) is 17.2 Å². The summed E-state index contributed by atoms with van der Waals surface area (Å²) in [7, 11) is 0. The average molecular weight is 298 g/mol. The van der Waals surface area contributed by atoms with Gasteiger partial charge in [-0.05, 0) is 32.4 Å². The van der Waals surface area contributed by atoms with Crippen LogP contribution in [-0.4, -0.2) is 27.7 Å². The average Bonchev–Trinajstić information content (AvgIpc) is 2.91. The van der Waals surface area contributed by atoms with Gasteiger partial charge in [0.2, 0.25) is 0 Å². The number of nitrogens with two attached hydrogens (primary N) is 1. The number of nitrogens with zero attached hydrogens (tertiary/aromatic N) is 3. The summed E-state index contributed by atoms with van der Waals surface area (Å²) in [5, 5.41) is 1.14. The molecule has 0 aliphatic carbocycles. The van der Waals surface area contributed by atoms with E-state index < -0.39 is 0 Å². The van der Waals surface area contributed by atoms with Gasteiger partial charge in [-0.2, -0.15) is 0 Å². The first-order chi connectivity index (χ1) is 10.8. The summed E-state index contributed by atoms with van der Waals surface area (Å²) in [4.78, 5) is 9.23. The monoisotopic (exact) mass is 298 g/mol. The van der Waals surface area contributed by atoms with E-state index in [-0.39, 0.29) is 0 Å². The smallest absolute Gasteiger partial charge is 0.136 e. The number of pyridine rings is 1. The van der Waals surface area contributed by atoms with Crippen molar-refractivity contribution in [1.82, 2.24) is 14.5 Å². The SMILES string of the molecule is CCOCc1nc2cnc3ccccc3c2n1CCCCN. The Morgan fingerprint density at radius 3 is 2.86 bits per heavy atom. The standard InChI is InChI=1S/C17H22N4O/c1-2-22-12-16-20-15-11-19-14-8-4-3-7-13(14)17(15)21(16)10-6-5-9-18/h3-4,7-8,11H,2,5-6,9-10,12,18H2,1H3. The van der Waals surface area contributed by atoms with Gasteiger partial charge in [-0.1, -0.05) is 18.2 Å². The Labute approximate surface area is 130 Å². The molecule has 1 aromatic carbocycles. The fourth-order valence-electron chi connectivity index (χ4n) is 2.77. The lowest BCUT2D eigenvalue weighted by atomic mass is 10.2. The van der Waals surface area contributed by atoms with Gasteiger partial charge in [0.1, 0.15) is 17.9 Å². The molecular weight excluding hydrogens is 276 g/mol. The number of fused-ring (bicyclic) bond motifs is 3. The molecule has 0 saturated carbocycles. The molecule has 0 spiro atoms. The van der Waals surface area contributed by atoms with E-state index >= 15 is 0 Å². The number of para-hydroxylation sites is 1. The van der Waals surface area contributed by atoms with E-state index in [2.05, 4.69) is 15.6 Å². The first-order valence-corrected chi connectivity index (χ1v) is 7.85. The van der Waals surface area contributed by atoms with Crippen molar-refractivity contribution in [3.8, 4) is 0 Å². The first kappa shape index (κ1) is 14.9. The highest BCUT2D eigenvalue weighted by Crippen LogP contribution is 2.25. The van der Waals surface area contributed by atoms with Crippen molar-refractivity contribution < 1.29 is 4.74 Å². The van der Waals surface area contributed by atoms with Crippen molar-refractivity contribution in [3.63, 3.8) is 0 Å². The molecule has 0 aliphatic rings. The van der Waals surface area contributed by atoms with Crippen LogP contribution in [0.25, 0.3) is 21.9 Å². The maximum absolute atomic E-state index is 5.63. The molecule has 0 atom stereocenters. The molecule has 0 radical (unpaired) electrons. The maximum atomic E-state index is 5.63. The van der Waals surface area contributed by atoms with Crippen LogP contribution in [-0.2, 0) is 17.9 Å². The Morgan fingerprint density at radius 1 is 1.18 bits per heavy atom. The van der Waals surface area contributed by atoms with Crippen molar-refractivity contribution in [1.29, 1.82) is 0 Å². The van der Waals surface area contributed by atoms with Crippen molar-refractivity contribution in [2.24, 2.45) is 5.73 Å². The predicted molar refractivity (Wildman–Crippen MR) is 88.7 cm³/mol. The molecule has 0 bridgehead atoms. The third-order valence-electron chi connectivity index (χ3n) is 3.83. The number of benzene rings is 1. The molecule has 2 aromatic heterocycles. The summed E-state index contributed by atoms with van der Waals surface area (Å²) in [5.74, 6) is 0.965. The zero-order valence-corrected chi connectivity index (χ0v) is 13.0. The number of rotatable bonds is 7. The Morgan fingerprint density at radius 2 is 2.05 bits per heavy atom. The summed E-state index contributed by atoms with van der Waals surface area (Å²) in [6.07, 6.45) is 3.90. The molecular formula is C17H22N4O. The van der Waals surface area contributed by atoms with Crippen LogP contribution in [0.15, 0.2) is 30.5 Å². The van der Waals surface area contributed by atoms with Crippen LogP contribution < -0.4 is 5.73 Å². The van der Waals surface area contributed by atoms with Gasteiger partial charge in [0, 0.05) is 18.5 Å². The fourth-order valence-corrected chi connectivity index (χ4v) is 2.77. The van der Waals surface area contributed by atoms with E-state index in [0.717, 1.165) is 53.7 Å². The van der Waals surface area contributed by atoms with Crippen LogP contribution in [0.1, 0.15) is 25.6 Å². The van der Waals surface area contributed by atoms with E-state index in [0.29, 0.717) is 13.2 Å². The van der Waals surface area contributed by atoms with Gasteiger partial charge in [-0.25, -0.2) is 4.98 Å². The highest BCUT2D eigenvalue weighted by Gasteiger charge is 2.13. The fraction of sp³-hybridized carbons (Fsp3) is 0.412. The third kappa shape index (κ3) is 2.82. The Balaban J connectivity index is 2.12. The lowest BCUT2D eigenvalue weighted by Gasteiger charge is -2.10. The second kappa shape index (κ2) is 6.85. The molecule has 3 rings (SSSR count). The lowest BCUT2D eigenvalue weighted by Crippen LogP contribution is -2.08. The molecule has 0 fully saturated rings. The molecule has 22 heavy (non-hydrogen) atoms. The van der Waals surface area contributed by atoms with Crippen molar-refractivity contribution >= 4 is 21.9 Å². The molecule has 5 heteroatoms. The third-order valence-corrected chi connectivity index (χ3v) is 3.83. The van der Waals surface area contributed by atoms with E-state index in [4.69, 9.17) is 15.5 Å². The second-order valence-corrected chi connectivity index (χ2v) is 5.32. The summed E-state index contributed by atoms with van der Waals surface area (Å²) < 4.78 is 7.85. The van der Waals surface area contributed by atoms with Crippen LogP contribution in [0.4, 0.5) is 0 Å². The normalized spacial score (nSPS) is 11.5. The van der Waals surface area contributed by atoms with E-state index in [1.165, 1.54) is 0 Å². The van der Waals surface area contributed by atoms with Crippen LogP contribution in [0.2, 0.25) is 0 Å². The van der Waals surface area contributed by atoms with E-state index in [1.54, 1.807) is 0 Å². The largest absolute Gasteiger partial charge is 0.374 e. The molecule has 0 unspecified atom stereocenters. The number of ether oxygens (including phenoxy) is 1. The highest BCUT2D eigenvalue weighted by atomic mass is 16.5. The predicted octanol–water partition coefficient (Wildman–Crippen LogP) is 2.86. The van der Waals surface area contributed by atoms with E-state index in [9.17, 15) is 0 Å². The molecule has 2 heterocycles. The van der Waals surface area contributed by atoms with Gasteiger partial charge >= 0.3 is 0 Å². The van der Waals surface area contributed by atoms with Crippen LogP contribution in [0.5, 0.6) is 0 Å². The number of aromatic nitrogens is 3. The molecule has 3 aromatic rings. The van der Waals surface area contributed by atoms with Gasteiger partial charge in [-0.3, -0.25) is 4.98 Å². The number of hydrogen-bond acceptors (Lipinski definition) is 4. The summed E-state index contributed by atoms with van der Waals surface area (Å²) in [6, 6.07) is 8.20. The maximum Gasteiger partial charge on any atom is 0.136 e. The summed E-state index contributed by atoms with van der Waals surface area (Å²) in [5.41, 5.74) is 8.71. The first-order valence-electron chi connectivity index (χ1n) is 7.85. The minimum absolute atomic E-state index is 0.530. The van der Waals surface area contributed by atoms with Gasteiger partial charge in [0.15, 0.2) is 0 Å². The number of hydrogen-bond donors (Lipinski definition) is 1. The number of unbranched alkanes of at least 4 members (excludes halogenated alkanes) is 1.